The van der Waals surface area contributed by atoms with Crippen molar-refractivity contribution in [1.29, 1.82) is 0 Å². The summed E-state index contributed by atoms with van der Waals surface area (Å²) in [6, 6.07) is 10.6. The van der Waals surface area contributed by atoms with Gasteiger partial charge < -0.3 is 16.2 Å². The minimum atomic E-state index is 0.161. The second kappa shape index (κ2) is 6.78. The highest BCUT2D eigenvalue weighted by atomic mass is 35.5. The molecule has 1 saturated carbocycles. The molecule has 2 unspecified atom stereocenters. The molecule has 1 fully saturated rings. The van der Waals surface area contributed by atoms with Crippen LogP contribution in [0.2, 0.25) is 5.15 Å². The van der Waals surface area contributed by atoms with Crippen molar-refractivity contribution in [2.24, 2.45) is 5.92 Å². The van der Waals surface area contributed by atoms with E-state index in [0.717, 1.165) is 29.7 Å². The van der Waals surface area contributed by atoms with Gasteiger partial charge >= 0.3 is 0 Å². The molecule has 0 aliphatic heterocycles. The number of rotatable bonds is 4. The van der Waals surface area contributed by atoms with Crippen LogP contribution >= 0.6 is 22.9 Å². The molecule has 1 aliphatic carbocycles. The number of thiophene rings is 1. The summed E-state index contributed by atoms with van der Waals surface area (Å²) in [6.07, 6.45) is 2.93. The van der Waals surface area contributed by atoms with Crippen LogP contribution in [0.25, 0.3) is 20.5 Å². The Bertz CT molecular complexity index is 880. The van der Waals surface area contributed by atoms with Crippen molar-refractivity contribution in [2.75, 3.05) is 17.7 Å². The van der Waals surface area contributed by atoms with E-state index in [1.54, 1.807) is 11.3 Å². The van der Waals surface area contributed by atoms with Gasteiger partial charge in [-0.05, 0) is 42.7 Å². The fraction of sp³-hybridized carbons (Fsp3) is 0.333. The highest BCUT2D eigenvalue weighted by molar-refractivity contribution is 7.22. The van der Waals surface area contributed by atoms with Gasteiger partial charge in [-0.3, -0.25) is 0 Å². The van der Waals surface area contributed by atoms with Crippen LogP contribution in [-0.4, -0.2) is 27.7 Å². The van der Waals surface area contributed by atoms with Crippen LogP contribution < -0.4 is 11.1 Å². The van der Waals surface area contributed by atoms with Gasteiger partial charge in [0, 0.05) is 22.2 Å². The number of nitrogens with zero attached hydrogens (tertiary/aromatic N) is 2. The van der Waals surface area contributed by atoms with Crippen molar-refractivity contribution in [1.82, 2.24) is 9.97 Å². The molecule has 2 aromatic heterocycles. The lowest BCUT2D eigenvalue weighted by Gasteiger charge is -2.17. The minimum absolute atomic E-state index is 0.161. The molecule has 7 heteroatoms. The number of benzene rings is 1. The summed E-state index contributed by atoms with van der Waals surface area (Å²) in [4.78, 5) is 9.57. The van der Waals surface area contributed by atoms with E-state index in [4.69, 9.17) is 17.3 Å². The van der Waals surface area contributed by atoms with E-state index in [2.05, 4.69) is 33.5 Å². The van der Waals surface area contributed by atoms with Crippen LogP contribution in [-0.2, 0) is 0 Å². The van der Waals surface area contributed by atoms with Crippen LogP contribution in [0, 0.1) is 5.92 Å². The first-order valence-electron chi connectivity index (χ1n) is 8.33. The average molecular weight is 375 g/mol. The number of nitrogens with two attached hydrogens (primary N) is 1. The van der Waals surface area contributed by atoms with Crippen molar-refractivity contribution in [3.8, 4) is 10.4 Å². The first-order valence-corrected chi connectivity index (χ1v) is 9.53. The maximum Gasteiger partial charge on any atom is 0.223 e. The summed E-state index contributed by atoms with van der Waals surface area (Å²) in [5.41, 5.74) is 6.62. The molecule has 2 heterocycles. The molecule has 130 valence electrons. The molecule has 4 rings (SSSR count). The topological polar surface area (TPSA) is 84.1 Å². The molecule has 5 nitrogen and oxygen atoms in total. The lowest BCUT2D eigenvalue weighted by Crippen LogP contribution is -2.18. The zero-order valence-corrected chi connectivity index (χ0v) is 15.1. The smallest absolute Gasteiger partial charge is 0.223 e. The second-order valence-corrected chi connectivity index (χ2v) is 7.89. The summed E-state index contributed by atoms with van der Waals surface area (Å²) >= 11 is 8.10. The van der Waals surface area contributed by atoms with Crippen LogP contribution in [0.5, 0.6) is 0 Å². The number of aliphatic hydroxyl groups excluding tert-OH is 1. The zero-order valence-electron chi connectivity index (χ0n) is 13.6. The van der Waals surface area contributed by atoms with Gasteiger partial charge in [0.2, 0.25) is 5.95 Å². The van der Waals surface area contributed by atoms with E-state index in [0.29, 0.717) is 16.9 Å². The monoisotopic (exact) mass is 374 g/mol. The number of nitrogens with one attached hydrogen (secondary N) is 1. The zero-order chi connectivity index (χ0) is 17.4. The lowest BCUT2D eigenvalue weighted by molar-refractivity contribution is 0.229. The third-order valence-electron chi connectivity index (χ3n) is 4.69. The third-order valence-corrected chi connectivity index (χ3v) is 6.10. The summed E-state index contributed by atoms with van der Waals surface area (Å²) in [6.45, 7) is 0.230. The number of hydrogen-bond acceptors (Lipinski definition) is 6. The minimum Gasteiger partial charge on any atom is -0.396 e. The van der Waals surface area contributed by atoms with Crippen molar-refractivity contribution in [2.45, 2.75) is 25.3 Å². The maximum absolute atomic E-state index is 9.36. The fourth-order valence-electron chi connectivity index (χ4n) is 3.44. The molecular formula is C18H19ClN4OS. The summed E-state index contributed by atoms with van der Waals surface area (Å²) < 4.78 is 1.19. The Balaban J connectivity index is 1.73. The highest BCUT2D eigenvalue weighted by Gasteiger charge is 2.26. The van der Waals surface area contributed by atoms with Gasteiger partial charge in [0.25, 0.3) is 0 Å². The largest absolute Gasteiger partial charge is 0.396 e. The van der Waals surface area contributed by atoms with Crippen molar-refractivity contribution in [3.05, 3.63) is 35.5 Å². The van der Waals surface area contributed by atoms with Crippen LogP contribution in [0.3, 0.4) is 0 Å². The van der Waals surface area contributed by atoms with Gasteiger partial charge in [0.15, 0.2) is 0 Å². The van der Waals surface area contributed by atoms with E-state index in [1.165, 1.54) is 10.1 Å². The Kier molecular flexibility index (Phi) is 4.50. The Morgan fingerprint density at radius 1 is 1.28 bits per heavy atom. The normalized spacial score (nSPS) is 20.2. The standard InChI is InChI=1S/C18H19ClN4OS/c19-16-15(14-8-11-3-1-2-4-13(11)25-14)17(23-18(20)22-16)21-12-6-5-10(7-12)9-24/h1-4,8,10,12,24H,5-7,9H2,(H3,20,21,22,23). The van der Waals surface area contributed by atoms with Crippen LogP contribution in [0.15, 0.2) is 30.3 Å². The first kappa shape index (κ1) is 16.6. The van der Waals surface area contributed by atoms with Crippen molar-refractivity contribution >= 4 is 44.8 Å². The molecule has 0 spiro atoms. The Morgan fingerprint density at radius 3 is 2.88 bits per heavy atom. The molecule has 1 aliphatic rings. The number of aliphatic hydroxyl groups is 1. The van der Waals surface area contributed by atoms with Gasteiger partial charge in [0.05, 0.1) is 5.56 Å². The highest BCUT2D eigenvalue weighted by Crippen LogP contribution is 2.41. The number of aromatic nitrogens is 2. The van der Waals surface area contributed by atoms with Crippen molar-refractivity contribution < 1.29 is 5.11 Å². The van der Waals surface area contributed by atoms with E-state index < -0.39 is 0 Å². The molecule has 0 amide bonds. The number of nitrogen functional groups attached to an aromatic ring is 1. The summed E-state index contributed by atoms with van der Waals surface area (Å²) in [5.74, 6) is 1.18. The van der Waals surface area contributed by atoms with Crippen LogP contribution in [0.4, 0.5) is 11.8 Å². The molecule has 0 radical (unpaired) electrons. The predicted molar refractivity (Wildman–Crippen MR) is 104 cm³/mol. The number of halogens is 1. The maximum atomic E-state index is 9.36. The van der Waals surface area contributed by atoms with Gasteiger partial charge in [-0.15, -0.1) is 11.3 Å². The molecule has 0 bridgehead atoms. The molecule has 25 heavy (non-hydrogen) atoms. The first-order chi connectivity index (χ1) is 12.1. The van der Waals surface area contributed by atoms with Crippen LogP contribution in [0.1, 0.15) is 19.3 Å². The van der Waals surface area contributed by atoms with Gasteiger partial charge in [-0.25, -0.2) is 4.98 Å². The molecule has 2 atom stereocenters. The van der Waals surface area contributed by atoms with E-state index in [9.17, 15) is 5.11 Å². The fourth-order valence-corrected chi connectivity index (χ4v) is 4.89. The quantitative estimate of drug-likeness (QED) is 0.597. The third kappa shape index (κ3) is 3.29. The average Bonchev–Trinajstić information content (AvgIpc) is 3.20. The Hall–Kier alpha value is -1.89. The molecular weight excluding hydrogens is 356 g/mol. The Labute approximate surface area is 154 Å². The van der Waals surface area contributed by atoms with E-state index in [-0.39, 0.29) is 18.6 Å². The summed E-state index contributed by atoms with van der Waals surface area (Å²) in [7, 11) is 0. The predicted octanol–water partition coefficient (Wildman–Crippen LogP) is 4.17. The SMILES string of the molecule is Nc1nc(Cl)c(-c2cc3ccccc3s2)c(NC2CCC(CO)C2)n1. The molecule has 1 aromatic carbocycles. The van der Waals surface area contributed by atoms with E-state index in [1.807, 2.05) is 12.1 Å². The van der Waals surface area contributed by atoms with Gasteiger partial charge in [-0.1, -0.05) is 29.8 Å². The molecule has 4 N–H and O–H groups in total. The lowest BCUT2D eigenvalue weighted by atomic mass is 10.1. The van der Waals surface area contributed by atoms with E-state index >= 15 is 0 Å². The van der Waals surface area contributed by atoms with Gasteiger partial charge in [-0.2, -0.15) is 4.98 Å². The number of hydrogen-bond donors (Lipinski definition) is 3. The number of anilines is 2. The molecule has 0 saturated heterocycles. The van der Waals surface area contributed by atoms with Crippen molar-refractivity contribution in [3.63, 3.8) is 0 Å². The Morgan fingerprint density at radius 2 is 2.12 bits per heavy atom. The molecule has 3 aromatic rings. The second-order valence-electron chi connectivity index (χ2n) is 6.45. The number of fused-ring (bicyclic) bond motifs is 1. The van der Waals surface area contributed by atoms with Gasteiger partial charge in [0.1, 0.15) is 11.0 Å². The summed E-state index contributed by atoms with van der Waals surface area (Å²) in [5, 5.41) is 14.4.